The first-order valence-electron chi connectivity index (χ1n) is 9.12. The van der Waals surface area contributed by atoms with Crippen LogP contribution in [0.4, 0.5) is 0 Å². The summed E-state index contributed by atoms with van der Waals surface area (Å²) in [5.74, 6) is 0.401. The number of amides is 1. The molecule has 0 aromatic carbocycles. The van der Waals surface area contributed by atoms with Crippen LogP contribution in [0, 0.1) is 0 Å². The van der Waals surface area contributed by atoms with Crippen molar-refractivity contribution in [3.63, 3.8) is 0 Å². The maximum atomic E-state index is 11.8. The molecule has 1 aliphatic rings. The smallest absolute Gasteiger partial charge is 1.00 e. The zero-order valence-electron chi connectivity index (χ0n) is 15.7. The van der Waals surface area contributed by atoms with Gasteiger partial charge in [0.1, 0.15) is 0 Å². The summed E-state index contributed by atoms with van der Waals surface area (Å²) in [6.07, 6.45) is 18.0. The molecule has 1 fully saturated rings. The van der Waals surface area contributed by atoms with E-state index in [0.29, 0.717) is 5.91 Å². The summed E-state index contributed by atoms with van der Waals surface area (Å²) < 4.78 is 0. The van der Waals surface area contributed by atoms with Gasteiger partial charge in [-0.15, -0.1) is 0 Å². The van der Waals surface area contributed by atoms with Gasteiger partial charge in [0.2, 0.25) is 5.91 Å². The largest absolute Gasteiger partial charge is 1.00 e. The molecule has 0 spiro atoms. The molecular weight excluding hydrogens is 285 g/mol. The molecule has 0 N–H and O–H groups in total. The first-order valence-corrected chi connectivity index (χ1v) is 9.12. The summed E-state index contributed by atoms with van der Waals surface area (Å²) in [6, 6.07) is 0. The normalized spacial score (nSPS) is 15.7. The molecule has 0 aromatic rings. The first kappa shape index (κ1) is 22.1. The van der Waals surface area contributed by atoms with Crippen LogP contribution in [0.25, 0.3) is 0 Å². The predicted molar refractivity (Wildman–Crippen MR) is 88.0 cm³/mol. The van der Waals surface area contributed by atoms with Gasteiger partial charge in [0.05, 0.1) is 0 Å². The van der Waals surface area contributed by atoms with Crippen LogP contribution in [0.1, 0.15) is 98.2 Å². The van der Waals surface area contributed by atoms with Crippen molar-refractivity contribution >= 4 is 5.91 Å². The van der Waals surface area contributed by atoms with Crippen molar-refractivity contribution in [3.8, 4) is 0 Å². The number of rotatable bonds is 11. The van der Waals surface area contributed by atoms with E-state index in [1.807, 2.05) is 0 Å². The van der Waals surface area contributed by atoms with Crippen molar-refractivity contribution < 1.29 is 57.6 Å². The van der Waals surface area contributed by atoms with Gasteiger partial charge in [-0.2, -0.15) is 0 Å². The molecule has 1 amide bonds. The van der Waals surface area contributed by atoms with Crippen molar-refractivity contribution in [2.75, 3.05) is 13.1 Å². The van der Waals surface area contributed by atoms with Crippen LogP contribution in [-0.2, 0) is 4.79 Å². The van der Waals surface area contributed by atoms with Crippen molar-refractivity contribution in [1.82, 2.24) is 4.90 Å². The molecule has 0 bridgehead atoms. The third-order valence-corrected chi connectivity index (χ3v) is 4.45. The number of nitrogens with zero attached hydrogens (tertiary/aromatic N) is 1. The molecule has 0 aromatic heterocycles. The molecule has 21 heavy (non-hydrogen) atoms. The Morgan fingerprint density at radius 1 is 0.857 bits per heavy atom. The minimum Gasteiger partial charge on any atom is -1.00 e. The molecule has 2 nitrogen and oxygen atoms in total. The summed E-state index contributed by atoms with van der Waals surface area (Å²) in [5, 5.41) is 0. The van der Waals surface area contributed by atoms with Gasteiger partial charge < -0.3 is 6.33 Å². The monoisotopic (exact) mass is 321 g/mol. The molecule has 1 saturated heterocycles. The molecule has 1 heterocycles. The minimum absolute atomic E-state index is 0. The fourth-order valence-electron chi connectivity index (χ4n) is 3.07. The summed E-state index contributed by atoms with van der Waals surface area (Å²) in [7, 11) is 0. The topological polar surface area (TPSA) is 20.3 Å². The molecule has 0 saturated carbocycles. The first-order chi connectivity index (χ1) is 9.84. The van der Waals surface area contributed by atoms with Gasteiger partial charge in [0.15, 0.2) is 0 Å². The van der Waals surface area contributed by atoms with Crippen LogP contribution in [0.3, 0.4) is 0 Å². The number of unbranched alkanes of at least 4 members (excludes halogenated alkanes) is 9. The van der Waals surface area contributed by atoms with Gasteiger partial charge in [0.25, 0.3) is 0 Å². The Kier molecular flexibility index (Phi) is 16.8. The molecular formula is C18H36KNO. The van der Waals surface area contributed by atoms with Crippen LogP contribution >= 0.6 is 0 Å². The van der Waals surface area contributed by atoms with Crippen LogP contribution in [0.15, 0.2) is 0 Å². The quantitative estimate of drug-likeness (QED) is 0.423. The molecule has 1 aliphatic heterocycles. The second-order valence-corrected chi connectivity index (χ2v) is 6.37. The Hall–Kier alpha value is 1.11. The van der Waals surface area contributed by atoms with E-state index in [2.05, 4.69) is 11.8 Å². The summed E-state index contributed by atoms with van der Waals surface area (Å²) in [6.45, 7) is 4.29. The van der Waals surface area contributed by atoms with Crippen LogP contribution in [0.5, 0.6) is 0 Å². The number of likely N-dealkylation sites (tertiary alicyclic amines) is 1. The standard InChI is InChI=1S/C18H35NO.K.H/c1-2-3-4-5-6-7-8-9-10-13-16-19-17-14-11-12-15-18(19)20;;/h2-17H2,1H3;;/q;+1;-1. The Labute approximate surface area is 176 Å². The number of hydrogen-bond acceptors (Lipinski definition) is 1. The van der Waals surface area contributed by atoms with Crippen LogP contribution in [-0.4, -0.2) is 23.9 Å². The van der Waals surface area contributed by atoms with Crippen LogP contribution < -0.4 is 51.4 Å². The van der Waals surface area contributed by atoms with Gasteiger partial charge in [-0.25, -0.2) is 0 Å². The molecule has 0 aliphatic carbocycles. The van der Waals surface area contributed by atoms with E-state index >= 15 is 0 Å². The Balaban J connectivity index is 0. The molecule has 3 heteroatoms. The predicted octanol–water partition coefficient (Wildman–Crippen LogP) is 2.43. The van der Waals surface area contributed by atoms with E-state index in [0.717, 1.165) is 25.9 Å². The zero-order chi connectivity index (χ0) is 14.5. The van der Waals surface area contributed by atoms with Crippen molar-refractivity contribution in [2.24, 2.45) is 0 Å². The van der Waals surface area contributed by atoms with Crippen LogP contribution in [0.2, 0.25) is 0 Å². The van der Waals surface area contributed by atoms with Crippen molar-refractivity contribution in [2.45, 2.75) is 96.8 Å². The van der Waals surface area contributed by atoms with Crippen molar-refractivity contribution in [3.05, 3.63) is 0 Å². The second-order valence-electron chi connectivity index (χ2n) is 6.37. The molecule has 1 rings (SSSR count). The second kappa shape index (κ2) is 16.0. The maximum Gasteiger partial charge on any atom is 1.00 e. The Morgan fingerprint density at radius 3 is 2.05 bits per heavy atom. The van der Waals surface area contributed by atoms with Gasteiger partial charge >= 0.3 is 51.4 Å². The van der Waals surface area contributed by atoms with Gasteiger partial charge in [-0.05, 0) is 19.3 Å². The number of carbonyl (C=O) groups is 1. The molecule has 120 valence electrons. The fourth-order valence-corrected chi connectivity index (χ4v) is 3.07. The summed E-state index contributed by atoms with van der Waals surface area (Å²) in [4.78, 5) is 13.9. The van der Waals surface area contributed by atoms with E-state index in [-0.39, 0.29) is 52.8 Å². The van der Waals surface area contributed by atoms with E-state index in [1.54, 1.807) is 0 Å². The number of hydrogen-bond donors (Lipinski definition) is 0. The van der Waals surface area contributed by atoms with Crippen molar-refractivity contribution in [1.29, 1.82) is 0 Å². The molecule has 0 atom stereocenters. The Morgan fingerprint density at radius 2 is 1.43 bits per heavy atom. The Bertz CT molecular complexity index is 251. The summed E-state index contributed by atoms with van der Waals surface area (Å²) in [5.41, 5.74) is 0. The zero-order valence-corrected chi connectivity index (χ0v) is 17.8. The van der Waals surface area contributed by atoms with E-state index < -0.39 is 0 Å². The van der Waals surface area contributed by atoms with Gasteiger partial charge in [-0.3, -0.25) is 4.79 Å². The average Bonchev–Trinajstić information content (AvgIpc) is 2.66. The average molecular weight is 322 g/mol. The van der Waals surface area contributed by atoms with E-state index in [4.69, 9.17) is 0 Å². The third kappa shape index (κ3) is 12.2. The summed E-state index contributed by atoms with van der Waals surface area (Å²) >= 11 is 0. The van der Waals surface area contributed by atoms with E-state index in [1.165, 1.54) is 77.0 Å². The fraction of sp³-hybridized carbons (Fsp3) is 0.944. The number of carbonyl (C=O) groups excluding carboxylic acids is 1. The third-order valence-electron chi connectivity index (χ3n) is 4.45. The molecule has 0 unspecified atom stereocenters. The van der Waals surface area contributed by atoms with Gasteiger partial charge in [0, 0.05) is 19.5 Å². The molecule has 0 radical (unpaired) electrons. The SMILES string of the molecule is CCCCCCCCCCCCN1CCCCCC1=O.[H-].[K+]. The van der Waals surface area contributed by atoms with E-state index in [9.17, 15) is 4.79 Å². The maximum absolute atomic E-state index is 11.8. The minimum atomic E-state index is 0. The van der Waals surface area contributed by atoms with Gasteiger partial charge in [-0.1, -0.05) is 71.1 Å².